The Hall–Kier alpha value is 0.536. The fourth-order valence-electron chi connectivity index (χ4n) is 0.937. The second-order valence-corrected chi connectivity index (χ2v) is 3.74. The van der Waals surface area contributed by atoms with Crippen molar-refractivity contribution in [1.82, 2.24) is 0 Å². The summed E-state index contributed by atoms with van der Waals surface area (Å²) >= 11 is 2.01. The van der Waals surface area contributed by atoms with Crippen molar-refractivity contribution in [1.29, 1.82) is 0 Å². The van der Waals surface area contributed by atoms with Crippen molar-refractivity contribution in [2.45, 2.75) is 38.2 Å². The van der Waals surface area contributed by atoms with Gasteiger partial charge in [0, 0.05) is 0 Å². The first-order chi connectivity index (χ1) is 5.16. The molecular formula is C10H17ClMg. The molecule has 2 heteroatoms. The Morgan fingerprint density at radius 3 is 2.17 bits per heavy atom. The van der Waals surface area contributed by atoms with E-state index in [1.807, 2.05) is 21.7 Å². The molecule has 0 saturated heterocycles. The predicted molar refractivity (Wildman–Crippen MR) is 53.0 cm³/mol. The van der Waals surface area contributed by atoms with Crippen LogP contribution in [0.25, 0.3) is 0 Å². The smallest absolute Gasteiger partial charge is 1.00 e. The average molecular weight is 197 g/mol. The summed E-state index contributed by atoms with van der Waals surface area (Å²) in [5.74, 6) is 0. The van der Waals surface area contributed by atoms with Gasteiger partial charge in [-0.3, -0.25) is 0 Å². The third-order valence-corrected chi connectivity index (χ3v) is 1.87. The van der Waals surface area contributed by atoms with Crippen molar-refractivity contribution in [3.8, 4) is 0 Å². The van der Waals surface area contributed by atoms with Crippen molar-refractivity contribution in [2.75, 3.05) is 0 Å². The minimum atomic E-state index is 0. The molecule has 0 rings (SSSR count). The van der Waals surface area contributed by atoms with E-state index in [9.17, 15) is 0 Å². The first-order valence-corrected chi connectivity index (χ1v) is 5.25. The van der Waals surface area contributed by atoms with Crippen LogP contribution < -0.4 is 12.4 Å². The van der Waals surface area contributed by atoms with Gasteiger partial charge in [0.25, 0.3) is 0 Å². The Balaban J connectivity index is 0. The van der Waals surface area contributed by atoms with E-state index in [0.717, 1.165) is 0 Å². The maximum absolute atomic E-state index is 2.32. The summed E-state index contributed by atoms with van der Waals surface area (Å²) in [7, 11) is 0. The molecule has 0 amide bonds. The summed E-state index contributed by atoms with van der Waals surface area (Å²) < 4.78 is 1.20. The van der Waals surface area contributed by atoms with Gasteiger partial charge in [0.2, 0.25) is 0 Å². The van der Waals surface area contributed by atoms with Crippen molar-refractivity contribution < 1.29 is 12.4 Å². The Morgan fingerprint density at radius 2 is 1.75 bits per heavy atom. The van der Waals surface area contributed by atoms with Crippen molar-refractivity contribution in [2.24, 2.45) is 0 Å². The SMILES string of the molecule is CC(C)=CCC/C(C)=C/[CH2][Mg+].[Cl-]. The van der Waals surface area contributed by atoms with Crippen LogP contribution >= 0.6 is 0 Å². The summed E-state index contributed by atoms with van der Waals surface area (Å²) in [6.45, 7) is 6.52. The molecule has 0 nitrogen and oxygen atoms in total. The molecule has 0 fully saturated rings. The standard InChI is InChI=1S/C10H17.ClH.Mg/c1-5-10(4)8-6-7-9(2)3;;/h5,7H,1,6,8H2,2-4H3;1H;/q;;+1/p-1/b10-5+;;. The van der Waals surface area contributed by atoms with Gasteiger partial charge in [-0.05, 0) is 0 Å². The maximum atomic E-state index is 2.32. The van der Waals surface area contributed by atoms with E-state index in [-0.39, 0.29) is 12.4 Å². The van der Waals surface area contributed by atoms with E-state index >= 15 is 0 Å². The zero-order valence-electron chi connectivity index (χ0n) is 8.36. The second kappa shape index (κ2) is 9.62. The van der Waals surface area contributed by atoms with E-state index in [0.29, 0.717) is 0 Å². The second-order valence-electron chi connectivity index (χ2n) is 3.16. The molecule has 0 radical (unpaired) electrons. The van der Waals surface area contributed by atoms with Gasteiger partial charge in [-0.1, -0.05) is 0 Å². The molecule has 0 aliphatic carbocycles. The quantitative estimate of drug-likeness (QED) is 0.448. The topological polar surface area (TPSA) is 0 Å². The number of rotatable bonds is 4. The Labute approximate surface area is 95.3 Å². The van der Waals surface area contributed by atoms with Crippen molar-refractivity contribution >= 4 is 21.7 Å². The van der Waals surface area contributed by atoms with Gasteiger partial charge in [0.05, 0.1) is 0 Å². The molecule has 0 aliphatic rings. The molecule has 0 bridgehead atoms. The molecule has 0 N–H and O–H groups in total. The monoisotopic (exact) mass is 196 g/mol. The molecule has 0 unspecified atom stereocenters. The third-order valence-electron chi connectivity index (χ3n) is 1.58. The third kappa shape index (κ3) is 10.5. The molecule has 0 spiro atoms. The zero-order valence-corrected chi connectivity index (χ0v) is 10.5. The Bertz CT molecular complexity index is 155. The van der Waals surface area contributed by atoms with Crippen molar-refractivity contribution in [3.05, 3.63) is 23.3 Å². The van der Waals surface area contributed by atoms with Gasteiger partial charge in [-0.25, -0.2) is 0 Å². The average Bonchev–Trinajstić information content (AvgIpc) is 1.87. The molecule has 0 heterocycles. The number of hydrogen-bond donors (Lipinski definition) is 0. The normalized spacial score (nSPS) is 10.6. The zero-order chi connectivity index (χ0) is 8.69. The van der Waals surface area contributed by atoms with Gasteiger partial charge in [-0.2, -0.15) is 0 Å². The van der Waals surface area contributed by atoms with Crippen LogP contribution in [0.15, 0.2) is 23.3 Å². The van der Waals surface area contributed by atoms with Crippen LogP contribution in [0.3, 0.4) is 0 Å². The minimum Gasteiger partial charge on any atom is -1.00 e. The molecule has 0 saturated carbocycles. The van der Waals surface area contributed by atoms with Crippen LogP contribution in [0.2, 0.25) is 4.55 Å². The van der Waals surface area contributed by atoms with E-state index in [1.54, 1.807) is 0 Å². The molecular weight excluding hydrogens is 180 g/mol. The summed E-state index contributed by atoms with van der Waals surface area (Å²) in [5.41, 5.74) is 2.95. The molecule has 0 aliphatic heterocycles. The molecule has 0 aromatic heterocycles. The van der Waals surface area contributed by atoms with Gasteiger partial charge in [0.1, 0.15) is 0 Å². The Morgan fingerprint density at radius 1 is 1.17 bits per heavy atom. The molecule has 66 valence electrons. The van der Waals surface area contributed by atoms with E-state index in [1.165, 1.54) is 28.5 Å². The van der Waals surface area contributed by atoms with Crippen LogP contribution in [0.5, 0.6) is 0 Å². The molecule has 0 aromatic carbocycles. The van der Waals surface area contributed by atoms with E-state index in [2.05, 4.69) is 32.9 Å². The molecule has 0 aromatic rings. The van der Waals surface area contributed by atoms with Crippen LogP contribution in [0, 0.1) is 0 Å². The van der Waals surface area contributed by atoms with Gasteiger partial charge < -0.3 is 12.4 Å². The minimum absolute atomic E-state index is 0. The fraction of sp³-hybridized carbons (Fsp3) is 0.600. The number of halogens is 1. The largest absolute Gasteiger partial charge is 1.00 e. The predicted octanol–water partition coefficient (Wildman–Crippen LogP) is 0.270. The van der Waals surface area contributed by atoms with Gasteiger partial charge >= 0.3 is 83.2 Å². The number of hydrogen-bond acceptors (Lipinski definition) is 0. The number of allylic oxidation sites excluding steroid dienone is 4. The van der Waals surface area contributed by atoms with Crippen LogP contribution in [-0.4, -0.2) is 21.7 Å². The fourth-order valence-corrected chi connectivity index (χ4v) is 1.43. The molecule has 0 atom stereocenters. The first-order valence-electron chi connectivity index (χ1n) is 4.25. The maximum Gasteiger partial charge on any atom is -1.00 e. The van der Waals surface area contributed by atoms with Crippen LogP contribution in [0.1, 0.15) is 33.6 Å². The van der Waals surface area contributed by atoms with Crippen LogP contribution in [-0.2, 0) is 0 Å². The van der Waals surface area contributed by atoms with Crippen LogP contribution in [0.4, 0.5) is 0 Å². The van der Waals surface area contributed by atoms with Gasteiger partial charge in [0.15, 0.2) is 0 Å². The van der Waals surface area contributed by atoms with E-state index in [4.69, 9.17) is 0 Å². The van der Waals surface area contributed by atoms with Crippen molar-refractivity contribution in [3.63, 3.8) is 0 Å². The summed E-state index contributed by atoms with van der Waals surface area (Å²) in [6.07, 6.45) is 7.05. The summed E-state index contributed by atoms with van der Waals surface area (Å²) in [4.78, 5) is 0. The van der Waals surface area contributed by atoms with Gasteiger partial charge in [-0.15, -0.1) is 0 Å². The summed E-state index contributed by atoms with van der Waals surface area (Å²) in [6, 6.07) is 0. The Kier molecular flexibility index (Phi) is 12.1. The molecule has 12 heavy (non-hydrogen) atoms. The first kappa shape index (κ1) is 15.0. The summed E-state index contributed by atoms with van der Waals surface area (Å²) in [5, 5.41) is 0. The van der Waals surface area contributed by atoms with E-state index < -0.39 is 0 Å².